The lowest BCUT2D eigenvalue weighted by molar-refractivity contribution is -0.121. The highest BCUT2D eigenvalue weighted by molar-refractivity contribution is 5.93. The molecule has 3 aromatic carbocycles. The first-order valence-corrected chi connectivity index (χ1v) is 9.72. The monoisotopic (exact) mass is 350 g/mol. The molecule has 0 aliphatic heterocycles. The number of hydrogen-bond donors (Lipinski definition) is 0. The first kappa shape index (κ1) is 16.3. The summed E-state index contributed by atoms with van der Waals surface area (Å²) < 4.78 is 0. The van der Waals surface area contributed by atoms with Crippen molar-refractivity contribution in [3.05, 3.63) is 114 Å². The van der Waals surface area contributed by atoms with E-state index in [1.54, 1.807) is 0 Å². The van der Waals surface area contributed by atoms with Gasteiger partial charge in [0, 0.05) is 24.2 Å². The molecule has 4 atom stereocenters. The molecule has 132 valence electrons. The van der Waals surface area contributed by atoms with Gasteiger partial charge >= 0.3 is 0 Å². The lowest BCUT2D eigenvalue weighted by atomic mass is 9.78. The molecule has 5 rings (SSSR count). The molecule has 0 amide bonds. The zero-order valence-electron chi connectivity index (χ0n) is 15.2. The maximum Gasteiger partial charge on any atom is 0.138 e. The highest BCUT2D eigenvalue weighted by atomic mass is 16.1. The van der Waals surface area contributed by atoms with Crippen molar-refractivity contribution in [2.45, 2.75) is 18.3 Å². The van der Waals surface area contributed by atoms with Crippen LogP contribution in [0.2, 0.25) is 0 Å². The van der Waals surface area contributed by atoms with Gasteiger partial charge in [-0.15, -0.1) is 0 Å². The fourth-order valence-corrected chi connectivity index (χ4v) is 5.10. The van der Waals surface area contributed by atoms with Crippen LogP contribution in [0.15, 0.2) is 97.1 Å². The molecule has 2 aliphatic rings. The summed E-state index contributed by atoms with van der Waals surface area (Å²) >= 11 is 0. The Morgan fingerprint density at radius 3 is 1.81 bits per heavy atom. The number of carbonyl (C=O) groups excluding carboxylic acids is 1. The third-order valence-electron chi connectivity index (χ3n) is 6.24. The Bertz CT molecular complexity index is 972. The topological polar surface area (TPSA) is 17.1 Å². The van der Waals surface area contributed by atoms with Crippen LogP contribution >= 0.6 is 0 Å². The Kier molecular flexibility index (Phi) is 4.01. The smallest absolute Gasteiger partial charge is 0.138 e. The first-order chi connectivity index (χ1) is 13.3. The summed E-state index contributed by atoms with van der Waals surface area (Å²) in [5, 5.41) is 0. The van der Waals surface area contributed by atoms with Gasteiger partial charge in [-0.3, -0.25) is 4.79 Å². The van der Waals surface area contributed by atoms with Gasteiger partial charge in [0.25, 0.3) is 0 Å². The summed E-state index contributed by atoms with van der Waals surface area (Å²) in [6.45, 7) is 0. The zero-order chi connectivity index (χ0) is 18.2. The first-order valence-electron chi connectivity index (χ1n) is 9.72. The lowest BCUT2D eigenvalue weighted by Gasteiger charge is -2.24. The second kappa shape index (κ2) is 6.66. The molecule has 0 unspecified atom stereocenters. The van der Waals surface area contributed by atoms with Crippen molar-refractivity contribution in [3.63, 3.8) is 0 Å². The van der Waals surface area contributed by atoms with E-state index in [2.05, 4.69) is 84.9 Å². The minimum absolute atomic E-state index is 0.0489. The normalized spacial score (nSPS) is 26.7. The Balaban J connectivity index is 1.64. The Hall–Kier alpha value is -2.93. The Labute approximate surface area is 160 Å². The van der Waals surface area contributed by atoms with Gasteiger partial charge in [-0.1, -0.05) is 97.1 Å². The van der Waals surface area contributed by atoms with Crippen molar-refractivity contribution in [1.82, 2.24) is 0 Å². The second-order valence-corrected chi connectivity index (χ2v) is 7.66. The van der Waals surface area contributed by atoms with E-state index < -0.39 is 0 Å². The van der Waals surface area contributed by atoms with Crippen LogP contribution in [-0.4, -0.2) is 5.78 Å². The molecule has 0 heterocycles. The SMILES string of the molecule is O=C1C[C@@H](c2ccccc2)[C@@H]2C(c3ccccc3)=C[C@@H](c3ccccc3)[C@H]12. The molecule has 0 N–H and O–H groups in total. The molecule has 0 aromatic heterocycles. The molecule has 0 bridgehead atoms. The molecule has 0 spiro atoms. The predicted molar refractivity (Wildman–Crippen MR) is 109 cm³/mol. The highest BCUT2D eigenvalue weighted by Gasteiger charge is 2.51. The van der Waals surface area contributed by atoms with E-state index in [4.69, 9.17) is 0 Å². The van der Waals surface area contributed by atoms with Crippen LogP contribution in [0.25, 0.3) is 5.57 Å². The average molecular weight is 350 g/mol. The van der Waals surface area contributed by atoms with Crippen LogP contribution in [-0.2, 0) is 4.79 Å². The largest absolute Gasteiger partial charge is 0.299 e. The quantitative estimate of drug-likeness (QED) is 0.578. The van der Waals surface area contributed by atoms with Gasteiger partial charge in [0.15, 0.2) is 0 Å². The van der Waals surface area contributed by atoms with Crippen molar-refractivity contribution in [3.8, 4) is 0 Å². The van der Waals surface area contributed by atoms with Crippen molar-refractivity contribution in [1.29, 1.82) is 0 Å². The summed E-state index contributed by atoms with van der Waals surface area (Å²) in [6, 6.07) is 31.7. The van der Waals surface area contributed by atoms with Gasteiger partial charge in [-0.2, -0.15) is 0 Å². The number of hydrogen-bond acceptors (Lipinski definition) is 1. The van der Waals surface area contributed by atoms with Gasteiger partial charge < -0.3 is 0 Å². The molecule has 3 aromatic rings. The summed E-state index contributed by atoms with van der Waals surface area (Å²) in [5.74, 6) is 1.15. The minimum atomic E-state index is 0.0489. The van der Waals surface area contributed by atoms with Gasteiger partial charge in [0.1, 0.15) is 5.78 Å². The molecule has 1 heteroatoms. The molecule has 1 nitrogen and oxygen atoms in total. The molecule has 1 saturated carbocycles. The molecule has 2 aliphatic carbocycles. The van der Waals surface area contributed by atoms with Crippen LogP contribution in [0, 0.1) is 11.8 Å². The number of rotatable bonds is 3. The standard InChI is InChI=1S/C26H22O/c27-24-17-23(20-14-8-3-9-15-20)25-21(18-10-4-1-5-11-18)16-22(26(24)25)19-12-6-2-7-13-19/h1-16,22-23,25-26H,17H2/t22-,23-,25-,26+/m0/s1. The molecular formula is C26H22O. The van der Waals surface area contributed by atoms with E-state index in [1.165, 1.54) is 22.3 Å². The summed E-state index contributed by atoms with van der Waals surface area (Å²) in [5.41, 5.74) is 5.13. The molecule has 0 radical (unpaired) electrons. The van der Waals surface area contributed by atoms with Gasteiger partial charge in [-0.25, -0.2) is 0 Å². The Morgan fingerprint density at radius 2 is 1.19 bits per heavy atom. The van der Waals surface area contributed by atoms with E-state index in [9.17, 15) is 4.79 Å². The average Bonchev–Trinajstić information content (AvgIpc) is 3.29. The van der Waals surface area contributed by atoms with Crippen molar-refractivity contribution in [2.75, 3.05) is 0 Å². The highest BCUT2D eigenvalue weighted by Crippen LogP contribution is 2.58. The van der Waals surface area contributed by atoms with Gasteiger partial charge in [0.05, 0.1) is 0 Å². The number of fused-ring (bicyclic) bond motifs is 1. The number of ketones is 1. The summed E-state index contributed by atoms with van der Waals surface area (Å²) in [6.07, 6.45) is 3.01. The molecule has 0 saturated heterocycles. The molecule has 1 fully saturated rings. The van der Waals surface area contributed by atoms with Crippen LogP contribution in [0.3, 0.4) is 0 Å². The van der Waals surface area contributed by atoms with E-state index in [-0.39, 0.29) is 23.7 Å². The third-order valence-corrected chi connectivity index (χ3v) is 6.24. The predicted octanol–water partition coefficient (Wildman–Crippen LogP) is 5.86. The van der Waals surface area contributed by atoms with Gasteiger partial charge in [0.2, 0.25) is 0 Å². The molecule has 27 heavy (non-hydrogen) atoms. The van der Waals surface area contributed by atoms with E-state index >= 15 is 0 Å². The maximum atomic E-state index is 13.2. The minimum Gasteiger partial charge on any atom is -0.299 e. The van der Waals surface area contributed by atoms with Crippen molar-refractivity contribution in [2.24, 2.45) is 11.8 Å². The maximum absolute atomic E-state index is 13.2. The van der Waals surface area contributed by atoms with Crippen LogP contribution in [0.4, 0.5) is 0 Å². The zero-order valence-corrected chi connectivity index (χ0v) is 15.2. The summed E-state index contributed by atoms with van der Waals surface area (Å²) in [7, 11) is 0. The fraction of sp³-hybridized carbons (Fsp3) is 0.192. The molecular weight excluding hydrogens is 328 g/mol. The summed E-state index contributed by atoms with van der Waals surface area (Å²) in [4.78, 5) is 13.2. The third kappa shape index (κ3) is 2.75. The Morgan fingerprint density at radius 1 is 0.630 bits per heavy atom. The van der Waals surface area contributed by atoms with E-state index in [1.807, 2.05) is 12.1 Å². The van der Waals surface area contributed by atoms with Crippen LogP contribution in [0.1, 0.15) is 34.9 Å². The van der Waals surface area contributed by atoms with Crippen LogP contribution in [0.5, 0.6) is 0 Å². The number of carbonyl (C=O) groups is 1. The fourth-order valence-electron chi connectivity index (χ4n) is 5.10. The van der Waals surface area contributed by atoms with Gasteiger partial charge in [-0.05, 0) is 28.2 Å². The lowest BCUT2D eigenvalue weighted by Crippen LogP contribution is -2.18. The second-order valence-electron chi connectivity index (χ2n) is 7.66. The number of Topliss-reactive ketones (excluding diaryl/α,β-unsaturated/α-hetero) is 1. The van der Waals surface area contributed by atoms with E-state index in [0.29, 0.717) is 12.2 Å². The van der Waals surface area contributed by atoms with Crippen molar-refractivity contribution < 1.29 is 4.79 Å². The van der Waals surface area contributed by atoms with Crippen molar-refractivity contribution >= 4 is 11.4 Å². The number of allylic oxidation sites excluding steroid dienone is 2. The van der Waals surface area contributed by atoms with Crippen LogP contribution < -0.4 is 0 Å². The van der Waals surface area contributed by atoms with E-state index in [0.717, 1.165) is 0 Å². The number of benzene rings is 3.